The van der Waals surface area contributed by atoms with Crippen LogP contribution >= 0.6 is 0 Å². The van der Waals surface area contributed by atoms with Gasteiger partial charge in [0.2, 0.25) is 0 Å². The Morgan fingerprint density at radius 3 is 1.24 bits per heavy atom. The van der Waals surface area contributed by atoms with Gasteiger partial charge in [-0.1, -0.05) is 188 Å². The highest BCUT2D eigenvalue weighted by Crippen LogP contribution is 2.48. The van der Waals surface area contributed by atoms with Crippen LogP contribution in [0.1, 0.15) is 0 Å². The van der Waals surface area contributed by atoms with Gasteiger partial charge in [-0.3, -0.25) is 0 Å². The predicted octanol–water partition coefficient (Wildman–Crippen LogP) is 16.4. The molecule has 268 valence electrons. The van der Waals surface area contributed by atoms with E-state index < -0.39 is 0 Å². The largest absolute Gasteiger partial charge is 0.0616 e. The molecule has 0 aliphatic rings. The second kappa shape index (κ2) is 13.0. The number of fused-ring (bicyclic) bond motifs is 8. The maximum Gasteiger partial charge on any atom is -0.00199 e. The summed E-state index contributed by atoms with van der Waals surface area (Å²) in [5, 5.41) is 17.6. The van der Waals surface area contributed by atoms with Crippen LogP contribution in [-0.4, -0.2) is 0 Å². The van der Waals surface area contributed by atoms with Crippen LogP contribution in [0.15, 0.2) is 218 Å². The van der Waals surface area contributed by atoms with Crippen LogP contribution in [0.5, 0.6) is 0 Å². The Hall–Kier alpha value is -7.54. The Bertz CT molecular complexity index is 3620. The smallest absolute Gasteiger partial charge is 0.00199 e. The maximum absolute atomic E-state index is 2.45. The lowest BCUT2D eigenvalue weighted by Gasteiger charge is -2.21. The summed E-state index contributed by atoms with van der Waals surface area (Å²) in [6.07, 6.45) is 0. The van der Waals surface area contributed by atoms with Crippen molar-refractivity contribution in [1.29, 1.82) is 0 Å². The minimum Gasteiger partial charge on any atom is -0.0616 e. The van der Waals surface area contributed by atoms with Gasteiger partial charge in [-0.15, -0.1) is 0 Å². The summed E-state index contributed by atoms with van der Waals surface area (Å²) >= 11 is 0. The van der Waals surface area contributed by atoms with Crippen LogP contribution < -0.4 is 0 Å². The standard InChI is InChI=1S/C58H36/c1-3-14-41-32-43(23-20-37(41)10-1)45-27-31-54-55(35-45)57(48-28-29-51-47(34-48)25-22-40-13-6-7-17-49(40)51)53-30-26-46(44-24-21-38-11-2-4-15-42(38)33-44)36-56(53)58(54)52-19-9-16-39-12-5-8-18-50(39)52/h1-36H. The van der Waals surface area contributed by atoms with E-state index in [0.29, 0.717) is 0 Å². The minimum absolute atomic E-state index is 1.21. The zero-order valence-corrected chi connectivity index (χ0v) is 31.8. The van der Waals surface area contributed by atoms with Gasteiger partial charge in [0.05, 0.1) is 0 Å². The molecule has 12 aromatic carbocycles. The fourth-order valence-corrected chi connectivity index (χ4v) is 9.54. The normalized spacial score (nSPS) is 11.8. The summed E-state index contributed by atoms with van der Waals surface area (Å²) in [4.78, 5) is 0. The summed E-state index contributed by atoms with van der Waals surface area (Å²) in [6, 6.07) is 81.2. The van der Waals surface area contributed by atoms with E-state index in [0.717, 1.165) is 0 Å². The summed E-state index contributed by atoms with van der Waals surface area (Å²) in [5.41, 5.74) is 9.85. The van der Waals surface area contributed by atoms with E-state index in [1.807, 2.05) is 0 Å². The molecule has 0 unspecified atom stereocenters. The predicted molar refractivity (Wildman–Crippen MR) is 251 cm³/mol. The summed E-state index contributed by atoms with van der Waals surface area (Å²) < 4.78 is 0. The molecule has 58 heavy (non-hydrogen) atoms. The molecule has 0 aliphatic heterocycles. The minimum atomic E-state index is 1.21. The molecule has 12 rings (SSSR count). The van der Waals surface area contributed by atoms with Crippen LogP contribution in [-0.2, 0) is 0 Å². The first-order chi connectivity index (χ1) is 28.7. The zero-order chi connectivity index (χ0) is 38.2. The van der Waals surface area contributed by atoms with Crippen LogP contribution in [0.25, 0.3) is 120 Å². The molecule has 0 amide bonds. The quantitative estimate of drug-likeness (QED) is 0.125. The number of rotatable bonds is 4. The van der Waals surface area contributed by atoms with Crippen molar-refractivity contribution in [2.24, 2.45) is 0 Å². The van der Waals surface area contributed by atoms with E-state index in [2.05, 4.69) is 218 Å². The Morgan fingerprint density at radius 1 is 0.172 bits per heavy atom. The van der Waals surface area contributed by atoms with E-state index in [9.17, 15) is 0 Å². The molecule has 0 N–H and O–H groups in total. The molecule has 0 heteroatoms. The molecule has 0 aliphatic carbocycles. The van der Waals surface area contributed by atoms with E-state index in [-0.39, 0.29) is 0 Å². The Balaban J connectivity index is 1.21. The van der Waals surface area contributed by atoms with Gasteiger partial charge in [-0.25, -0.2) is 0 Å². The van der Waals surface area contributed by atoms with Crippen molar-refractivity contribution >= 4 is 75.4 Å². The van der Waals surface area contributed by atoms with E-state index >= 15 is 0 Å². The molecule has 0 spiro atoms. The van der Waals surface area contributed by atoms with E-state index in [4.69, 9.17) is 0 Å². The van der Waals surface area contributed by atoms with Crippen LogP contribution in [0.4, 0.5) is 0 Å². The lowest BCUT2D eigenvalue weighted by Crippen LogP contribution is -1.93. The van der Waals surface area contributed by atoms with Crippen LogP contribution in [0.3, 0.4) is 0 Å². The molecule has 0 nitrogen and oxygen atoms in total. The lowest BCUT2D eigenvalue weighted by molar-refractivity contribution is 1.65. The summed E-state index contributed by atoms with van der Waals surface area (Å²) in [7, 11) is 0. The molecule has 0 heterocycles. The first kappa shape index (κ1) is 32.7. The molecule has 0 aromatic heterocycles. The first-order valence-corrected chi connectivity index (χ1v) is 20.2. The average Bonchev–Trinajstić information content (AvgIpc) is 3.29. The van der Waals surface area contributed by atoms with Gasteiger partial charge in [0.1, 0.15) is 0 Å². The zero-order valence-electron chi connectivity index (χ0n) is 31.8. The highest BCUT2D eigenvalue weighted by atomic mass is 14.2. The van der Waals surface area contributed by atoms with Gasteiger partial charge in [0.25, 0.3) is 0 Å². The molecule has 12 aromatic rings. The average molecular weight is 733 g/mol. The third-order valence-corrected chi connectivity index (χ3v) is 12.4. The molecule has 0 saturated heterocycles. The van der Waals surface area contributed by atoms with Crippen molar-refractivity contribution in [2.75, 3.05) is 0 Å². The topological polar surface area (TPSA) is 0 Å². The Labute approximate surface area is 336 Å². The maximum atomic E-state index is 2.45. The van der Waals surface area contributed by atoms with Crippen molar-refractivity contribution in [2.45, 2.75) is 0 Å². The van der Waals surface area contributed by atoms with Crippen molar-refractivity contribution in [3.8, 4) is 44.5 Å². The van der Waals surface area contributed by atoms with Gasteiger partial charge in [-0.2, -0.15) is 0 Å². The van der Waals surface area contributed by atoms with Crippen molar-refractivity contribution < 1.29 is 0 Å². The van der Waals surface area contributed by atoms with Gasteiger partial charge in [0.15, 0.2) is 0 Å². The molecule has 0 bridgehead atoms. The van der Waals surface area contributed by atoms with E-state index in [1.165, 1.54) is 120 Å². The van der Waals surface area contributed by atoms with Crippen molar-refractivity contribution in [1.82, 2.24) is 0 Å². The molecule has 0 radical (unpaired) electrons. The fraction of sp³-hybridized carbons (Fsp3) is 0. The SMILES string of the molecule is c1ccc2cc(-c3ccc4c(-c5cccc6ccccc56)c5cc(-c6ccc7ccccc7c6)ccc5c(-c5ccc6c(ccc7ccccc76)c5)c4c3)ccc2c1. The molecular weight excluding hydrogens is 697 g/mol. The lowest BCUT2D eigenvalue weighted by atomic mass is 9.82. The van der Waals surface area contributed by atoms with Crippen molar-refractivity contribution in [3.63, 3.8) is 0 Å². The van der Waals surface area contributed by atoms with Crippen LogP contribution in [0, 0.1) is 0 Å². The molecule has 0 saturated carbocycles. The number of benzene rings is 12. The monoisotopic (exact) mass is 732 g/mol. The van der Waals surface area contributed by atoms with Gasteiger partial charge >= 0.3 is 0 Å². The van der Waals surface area contributed by atoms with Gasteiger partial charge < -0.3 is 0 Å². The van der Waals surface area contributed by atoms with Crippen LogP contribution in [0.2, 0.25) is 0 Å². The third-order valence-electron chi connectivity index (χ3n) is 12.4. The van der Waals surface area contributed by atoms with Gasteiger partial charge in [0, 0.05) is 0 Å². The second-order valence-electron chi connectivity index (χ2n) is 15.6. The Morgan fingerprint density at radius 2 is 0.569 bits per heavy atom. The first-order valence-electron chi connectivity index (χ1n) is 20.2. The second-order valence-corrected chi connectivity index (χ2v) is 15.6. The number of hydrogen-bond donors (Lipinski definition) is 0. The summed E-state index contributed by atoms with van der Waals surface area (Å²) in [6.45, 7) is 0. The third kappa shape index (κ3) is 5.23. The Kier molecular flexibility index (Phi) is 7.33. The molecular formula is C58H36. The van der Waals surface area contributed by atoms with E-state index in [1.54, 1.807) is 0 Å². The summed E-state index contributed by atoms with van der Waals surface area (Å²) in [5.74, 6) is 0. The molecule has 0 fully saturated rings. The molecule has 0 atom stereocenters. The highest BCUT2D eigenvalue weighted by molar-refractivity contribution is 6.25. The van der Waals surface area contributed by atoms with Gasteiger partial charge in [-0.05, 0) is 150 Å². The highest BCUT2D eigenvalue weighted by Gasteiger charge is 2.20. The fourth-order valence-electron chi connectivity index (χ4n) is 9.54. The number of hydrogen-bond acceptors (Lipinski definition) is 0. The van der Waals surface area contributed by atoms with Crippen molar-refractivity contribution in [3.05, 3.63) is 218 Å².